The molecule has 124 valence electrons. The summed E-state index contributed by atoms with van der Waals surface area (Å²) in [6.07, 6.45) is 0. The first kappa shape index (κ1) is 14.9. The van der Waals surface area contributed by atoms with Gasteiger partial charge in [0.2, 0.25) is 0 Å². The lowest BCUT2D eigenvalue weighted by Gasteiger charge is -2.09. The molecule has 0 saturated heterocycles. The fourth-order valence-electron chi connectivity index (χ4n) is 2.73. The van der Waals surface area contributed by atoms with E-state index in [1.807, 2.05) is 59.2 Å². The Bertz CT molecular complexity index is 1050. The largest absolute Gasteiger partial charge is 0.411 e. The summed E-state index contributed by atoms with van der Waals surface area (Å²) in [5.74, 6) is 0.649. The highest BCUT2D eigenvalue weighted by molar-refractivity contribution is 6.01. The van der Waals surface area contributed by atoms with Gasteiger partial charge < -0.3 is 15.5 Å². The number of oxime groups is 1. The summed E-state index contributed by atoms with van der Waals surface area (Å²) in [5.41, 5.74) is 9.10. The highest BCUT2D eigenvalue weighted by Crippen LogP contribution is 2.27. The van der Waals surface area contributed by atoms with Gasteiger partial charge in [0, 0.05) is 5.56 Å². The van der Waals surface area contributed by atoms with Crippen LogP contribution in [0.1, 0.15) is 5.56 Å². The molecule has 0 bridgehead atoms. The minimum Gasteiger partial charge on any atom is -0.411 e. The molecule has 2 aromatic carbocycles. The third-order valence-electron chi connectivity index (χ3n) is 3.92. The van der Waals surface area contributed by atoms with Crippen LogP contribution in [0.2, 0.25) is 0 Å². The van der Waals surface area contributed by atoms with Crippen LogP contribution in [0.3, 0.4) is 0 Å². The number of para-hydroxylation sites is 2. The lowest BCUT2D eigenvalue weighted by atomic mass is 10.1. The molecule has 0 amide bonds. The van der Waals surface area contributed by atoms with Crippen LogP contribution in [0.4, 0.5) is 5.82 Å². The zero-order valence-electron chi connectivity index (χ0n) is 13.1. The minimum atomic E-state index is 0.152. The summed E-state index contributed by atoms with van der Waals surface area (Å²) in [6.45, 7) is 0.280. The quantitative estimate of drug-likeness (QED) is 0.337. The van der Waals surface area contributed by atoms with Crippen LogP contribution in [0.25, 0.3) is 22.6 Å². The molecule has 25 heavy (non-hydrogen) atoms. The average molecular weight is 334 g/mol. The number of nitrogens with zero attached hydrogens (tertiary/aromatic N) is 5. The van der Waals surface area contributed by atoms with Crippen molar-refractivity contribution in [3.05, 3.63) is 60.2 Å². The molecule has 0 aliphatic carbocycles. The predicted octanol–water partition coefficient (Wildman–Crippen LogP) is 2.55. The molecule has 2 aromatic heterocycles. The van der Waals surface area contributed by atoms with Gasteiger partial charge in [0.05, 0.1) is 17.6 Å². The van der Waals surface area contributed by atoms with E-state index in [9.17, 15) is 5.21 Å². The second-order valence-electron chi connectivity index (χ2n) is 5.42. The highest BCUT2D eigenvalue weighted by Gasteiger charge is 2.20. The molecule has 8 heteroatoms. The smallest absolute Gasteiger partial charge is 0.199 e. The van der Waals surface area contributed by atoms with E-state index in [0.717, 1.165) is 16.6 Å². The van der Waals surface area contributed by atoms with Gasteiger partial charge in [-0.1, -0.05) is 47.6 Å². The highest BCUT2D eigenvalue weighted by atomic mass is 16.6. The average Bonchev–Trinajstić information content (AvgIpc) is 3.23. The van der Waals surface area contributed by atoms with Crippen LogP contribution < -0.4 is 5.73 Å². The number of fused-ring (bicyclic) bond motifs is 1. The van der Waals surface area contributed by atoms with Gasteiger partial charge in [0.15, 0.2) is 17.3 Å². The normalized spacial score (nSPS) is 11.9. The van der Waals surface area contributed by atoms with Crippen LogP contribution in [0, 0.1) is 0 Å². The standard InChI is InChI=1S/C17H14N6O2/c18-16-15(21-25-22-16)17-19-12-8-4-5-9-14(12)23(17)10-13(20-24)11-6-2-1-3-7-11/h1-9,24H,10H2,(H2,18,22)/b20-13-. The van der Waals surface area contributed by atoms with Crippen LogP contribution in [0.5, 0.6) is 0 Å². The maximum Gasteiger partial charge on any atom is 0.199 e. The van der Waals surface area contributed by atoms with Crippen molar-refractivity contribution in [1.82, 2.24) is 19.9 Å². The van der Waals surface area contributed by atoms with E-state index in [2.05, 4.69) is 20.5 Å². The Labute approximate surface area is 142 Å². The van der Waals surface area contributed by atoms with E-state index in [4.69, 9.17) is 10.4 Å². The molecule has 0 radical (unpaired) electrons. The molecule has 0 saturated carbocycles. The molecule has 0 unspecified atom stereocenters. The first-order valence-electron chi connectivity index (χ1n) is 7.58. The summed E-state index contributed by atoms with van der Waals surface area (Å²) in [6, 6.07) is 17.0. The van der Waals surface area contributed by atoms with Gasteiger partial charge in [-0.05, 0) is 22.4 Å². The summed E-state index contributed by atoms with van der Waals surface area (Å²) >= 11 is 0. The van der Waals surface area contributed by atoms with Crippen molar-refractivity contribution in [2.24, 2.45) is 5.16 Å². The number of benzene rings is 2. The second-order valence-corrected chi connectivity index (χ2v) is 5.42. The maximum absolute atomic E-state index is 9.51. The van der Waals surface area contributed by atoms with Crippen LogP contribution in [-0.4, -0.2) is 30.8 Å². The molecule has 4 rings (SSSR count). The Morgan fingerprint density at radius 1 is 1.08 bits per heavy atom. The fraction of sp³-hybridized carbons (Fsp3) is 0.0588. The van der Waals surface area contributed by atoms with Crippen molar-refractivity contribution >= 4 is 22.6 Å². The fourth-order valence-corrected chi connectivity index (χ4v) is 2.73. The topological polar surface area (TPSA) is 115 Å². The molecule has 0 spiro atoms. The Morgan fingerprint density at radius 3 is 2.56 bits per heavy atom. The first-order valence-corrected chi connectivity index (χ1v) is 7.58. The summed E-state index contributed by atoms with van der Waals surface area (Å²) in [5, 5.41) is 20.4. The van der Waals surface area contributed by atoms with Gasteiger partial charge in [-0.3, -0.25) is 0 Å². The van der Waals surface area contributed by atoms with Gasteiger partial charge in [0.1, 0.15) is 5.71 Å². The van der Waals surface area contributed by atoms with Gasteiger partial charge >= 0.3 is 0 Å². The number of anilines is 1. The van der Waals surface area contributed by atoms with Gasteiger partial charge in [0.25, 0.3) is 0 Å². The monoisotopic (exact) mass is 334 g/mol. The molecular weight excluding hydrogens is 320 g/mol. The summed E-state index contributed by atoms with van der Waals surface area (Å²) in [4.78, 5) is 4.58. The molecule has 3 N–H and O–H groups in total. The van der Waals surface area contributed by atoms with Crippen molar-refractivity contribution < 1.29 is 9.84 Å². The Hall–Kier alpha value is -3.68. The predicted molar refractivity (Wildman–Crippen MR) is 92.2 cm³/mol. The third kappa shape index (κ3) is 2.59. The van der Waals surface area contributed by atoms with Crippen LogP contribution in [-0.2, 0) is 6.54 Å². The maximum atomic E-state index is 9.51. The van der Waals surface area contributed by atoms with Crippen molar-refractivity contribution in [2.45, 2.75) is 6.54 Å². The van der Waals surface area contributed by atoms with Gasteiger partial charge in [-0.25, -0.2) is 9.61 Å². The number of hydrogen-bond acceptors (Lipinski definition) is 7. The number of nitrogens with two attached hydrogens (primary N) is 1. The van der Waals surface area contributed by atoms with E-state index in [-0.39, 0.29) is 12.4 Å². The molecule has 8 nitrogen and oxygen atoms in total. The molecule has 0 aliphatic rings. The third-order valence-corrected chi connectivity index (χ3v) is 3.92. The van der Waals surface area contributed by atoms with E-state index in [0.29, 0.717) is 17.2 Å². The molecule has 0 aliphatic heterocycles. The SMILES string of the molecule is Nc1nonc1-c1nc2ccccc2n1C/C(=N/O)c1ccccc1. The number of hydrogen-bond donors (Lipinski definition) is 2. The minimum absolute atomic E-state index is 0.152. The molecule has 0 fully saturated rings. The number of aromatic nitrogens is 4. The van der Waals surface area contributed by atoms with E-state index in [1.165, 1.54) is 0 Å². The lowest BCUT2D eigenvalue weighted by Crippen LogP contribution is -2.13. The van der Waals surface area contributed by atoms with Crippen molar-refractivity contribution in [1.29, 1.82) is 0 Å². The zero-order valence-corrected chi connectivity index (χ0v) is 13.1. The van der Waals surface area contributed by atoms with E-state index in [1.54, 1.807) is 0 Å². The number of nitrogen functional groups attached to an aromatic ring is 1. The Balaban J connectivity index is 1.87. The van der Waals surface area contributed by atoms with Crippen molar-refractivity contribution in [2.75, 3.05) is 5.73 Å². The Kier molecular flexibility index (Phi) is 3.62. The number of imidazole rings is 1. The number of rotatable bonds is 4. The van der Waals surface area contributed by atoms with Crippen LogP contribution >= 0.6 is 0 Å². The molecule has 4 aromatic rings. The van der Waals surface area contributed by atoms with Crippen LogP contribution in [0.15, 0.2) is 64.4 Å². The molecular formula is C17H14N6O2. The van der Waals surface area contributed by atoms with Gasteiger partial charge in [-0.2, -0.15) is 0 Å². The summed E-state index contributed by atoms with van der Waals surface area (Å²) < 4.78 is 6.58. The molecule has 0 atom stereocenters. The van der Waals surface area contributed by atoms with Crippen molar-refractivity contribution in [3.8, 4) is 11.5 Å². The van der Waals surface area contributed by atoms with Gasteiger partial charge in [-0.15, -0.1) is 0 Å². The summed E-state index contributed by atoms with van der Waals surface area (Å²) in [7, 11) is 0. The lowest BCUT2D eigenvalue weighted by molar-refractivity contribution is 0.310. The zero-order chi connectivity index (χ0) is 17.2. The molecule has 2 heterocycles. The second kappa shape index (κ2) is 6.08. The van der Waals surface area contributed by atoms with Crippen molar-refractivity contribution in [3.63, 3.8) is 0 Å². The van der Waals surface area contributed by atoms with E-state index < -0.39 is 0 Å². The first-order chi connectivity index (χ1) is 12.3. The Morgan fingerprint density at radius 2 is 1.84 bits per heavy atom. The van der Waals surface area contributed by atoms with E-state index >= 15 is 0 Å².